The summed E-state index contributed by atoms with van der Waals surface area (Å²) < 4.78 is 6.19. The number of carbonyl (C=O) groups excluding carboxylic acids is 1. The van der Waals surface area contributed by atoms with Crippen molar-refractivity contribution in [3.63, 3.8) is 0 Å². The molecule has 0 aromatic carbocycles. The molecule has 3 heteroatoms. The normalized spacial score (nSPS) is 45.8. The van der Waals surface area contributed by atoms with Gasteiger partial charge in [-0.05, 0) is 130 Å². The van der Waals surface area contributed by atoms with Gasteiger partial charge in [-0.25, -0.2) is 0 Å². The average Bonchev–Trinajstić information content (AvgIpc) is 3.23. The fourth-order valence-corrected chi connectivity index (χ4v) is 11.0. The molecule has 3 heterocycles. The van der Waals surface area contributed by atoms with Crippen LogP contribution in [0.25, 0.3) is 0 Å². The Bertz CT molecular complexity index is 886. The van der Waals surface area contributed by atoms with Gasteiger partial charge < -0.3 is 9.64 Å². The molecule has 0 aromatic rings. The van der Waals surface area contributed by atoms with Crippen molar-refractivity contribution in [3.05, 3.63) is 11.6 Å². The number of ether oxygens (including phenoxy) is 1. The number of esters is 1. The SMILES string of the molecule is CC(C)CCCCC1CCC2C3CC=C4CC(OC(=O)CC5CN6CCC5CC6)CCC4(C)C3CCC12C. The highest BCUT2D eigenvalue weighted by Crippen LogP contribution is 2.66. The zero-order chi connectivity index (χ0) is 26.5. The van der Waals surface area contributed by atoms with Gasteiger partial charge in [-0.15, -0.1) is 0 Å². The summed E-state index contributed by atoms with van der Waals surface area (Å²) in [7, 11) is 0. The molecule has 8 atom stereocenters. The predicted octanol–water partition coefficient (Wildman–Crippen LogP) is 8.43. The maximum absolute atomic E-state index is 13.0. The van der Waals surface area contributed by atoms with Gasteiger partial charge in [0.1, 0.15) is 6.10 Å². The molecule has 6 fully saturated rings. The van der Waals surface area contributed by atoms with Crippen molar-refractivity contribution in [1.29, 1.82) is 0 Å². The second-order valence-corrected chi connectivity index (χ2v) is 15.7. The third-order valence-corrected chi connectivity index (χ3v) is 13.4. The van der Waals surface area contributed by atoms with Gasteiger partial charge in [-0.3, -0.25) is 4.79 Å². The lowest BCUT2D eigenvalue weighted by Gasteiger charge is -2.58. The van der Waals surface area contributed by atoms with Crippen LogP contribution in [0, 0.1) is 52.3 Å². The minimum Gasteiger partial charge on any atom is -0.462 e. The van der Waals surface area contributed by atoms with Crippen LogP contribution in [0.15, 0.2) is 11.6 Å². The van der Waals surface area contributed by atoms with Crippen LogP contribution in [0.2, 0.25) is 0 Å². The zero-order valence-electron chi connectivity index (χ0n) is 25.2. The van der Waals surface area contributed by atoms with E-state index in [-0.39, 0.29) is 12.1 Å². The molecule has 2 bridgehead atoms. The Labute approximate surface area is 233 Å². The summed E-state index contributed by atoms with van der Waals surface area (Å²) in [6.07, 6.45) is 22.2. The van der Waals surface area contributed by atoms with Gasteiger partial charge in [0.05, 0.1) is 0 Å². The maximum Gasteiger partial charge on any atom is 0.306 e. The molecule has 0 N–H and O–H groups in total. The van der Waals surface area contributed by atoms with E-state index < -0.39 is 0 Å². The maximum atomic E-state index is 13.0. The molecule has 8 unspecified atom stereocenters. The number of carbonyl (C=O) groups is 1. The number of hydrogen-bond acceptors (Lipinski definition) is 3. The molecule has 0 amide bonds. The van der Waals surface area contributed by atoms with Gasteiger partial charge in [0.15, 0.2) is 0 Å². The predicted molar refractivity (Wildman–Crippen MR) is 156 cm³/mol. The first-order valence-corrected chi connectivity index (χ1v) is 16.9. The van der Waals surface area contributed by atoms with Gasteiger partial charge >= 0.3 is 5.97 Å². The van der Waals surface area contributed by atoms with Crippen molar-refractivity contribution in [3.8, 4) is 0 Å². The van der Waals surface area contributed by atoms with Crippen molar-refractivity contribution >= 4 is 5.97 Å². The van der Waals surface area contributed by atoms with Gasteiger partial charge in [-0.2, -0.15) is 0 Å². The number of fused-ring (bicyclic) bond motifs is 8. The average molecular weight is 524 g/mol. The van der Waals surface area contributed by atoms with E-state index in [1.165, 1.54) is 90.1 Å². The Morgan fingerprint density at radius 3 is 2.58 bits per heavy atom. The lowest BCUT2D eigenvalue weighted by molar-refractivity contribution is -0.154. The highest BCUT2D eigenvalue weighted by molar-refractivity contribution is 5.70. The highest BCUT2D eigenvalue weighted by atomic mass is 16.5. The van der Waals surface area contributed by atoms with Crippen molar-refractivity contribution in [2.24, 2.45) is 52.3 Å². The first-order valence-electron chi connectivity index (χ1n) is 16.9. The van der Waals surface area contributed by atoms with Crippen LogP contribution in [-0.2, 0) is 9.53 Å². The summed E-state index contributed by atoms with van der Waals surface area (Å²) in [6.45, 7) is 13.6. The van der Waals surface area contributed by atoms with Crippen molar-refractivity contribution < 1.29 is 9.53 Å². The van der Waals surface area contributed by atoms with Crippen LogP contribution in [0.4, 0.5) is 0 Å². The molecule has 7 aliphatic rings. The molecule has 3 saturated carbocycles. The lowest BCUT2D eigenvalue weighted by Crippen LogP contribution is -2.50. The molecule has 7 rings (SSSR count). The molecule has 0 radical (unpaired) electrons. The van der Waals surface area contributed by atoms with E-state index in [1.54, 1.807) is 5.57 Å². The van der Waals surface area contributed by atoms with E-state index in [0.29, 0.717) is 23.2 Å². The summed E-state index contributed by atoms with van der Waals surface area (Å²) in [5, 5.41) is 0. The smallest absolute Gasteiger partial charge is 0.306 e. The molecular weight excluding hydrogens is 466 g/mol. The van der Waals surface area contributed by atoms with Crippen LogP contribution in [0.5, 0.6) is 0 Å². The van der Waals surface area contributed by atoms with E-state index >= 15 is 0 Å². The lowest BCUT2D eigenvalue weighted by atomic mass is 9.47. The van der Waals surface area contributed by atoms with E-state index in [0.717, 1.165) is 54.9 Å². The summed E-state index contributed by atoms with van der Waals surface area (Å²) in [6, 6.07) is 0. The third-order valence-electron chi connectivity index (χ3n) is 13.4. The van der Waals surface area contributed by atoms with Gasteiger partial charge in [-0.1, -0.05) is 58.6 Å². The Morgan fingerprint density at radius 1 is 1.03 bits per heavy atom. The fourth-order valence-electron chi connectivity index (χ4n) is 11.0. The van der Waals surface area contributed by atoms with E-state index in [2.05, 4.69) is 38.7 Å². The molecule has 38 heavy (non-hydrogen) atoms. The van der Waals surface area contributed by atoms with Crippen LogP contribution < -0.4 is 0 Å². The van der Waals surface area contributed by atoms with Gasteiger partial charge in [0, 0.05) is 19.4 Å². The number of unbranched alkanes of at least 4 members (excludes halogenated alkanes) is 1. The molecule has 0 spiro atoms. The largest absolute Gasteiger partial charge is 0.462 e. The summed E-state index contributed by atoms with van der Waals surface area (Å²) in [5.41, 5.74) is 2.58. The molecular formula is C35H57NO2. The quantitative estimate of drug-likeness (QED) is 0.182. The molecule has 214 valence electrons. The molecule has 0 aromatic heterocycles. The molecule has 4 aliphatic carbocycles. The summed E-state index contributed by atoms with van der Waals surface area (Å²) in [4.78, 5) is 15.5. The van der Waals surface area contributed by atoms with Crippen LogP contribution in [0.1, 0.15) is 124 Å². The van der Waals surface area contributed by atoms with Gasteiger partial charge in [0.25, 0.3) is 0 Å². The zero-order valence-corrected chi connectivity index (χ0v) is 25.2. The second kappa shape index (κ2) is 10.9. The first-order chi connectivity index (χ1) is 18.3. The molecule has 3 aliphatic heterocycles. The highest BCUT2D eigenvalue weighted by Gasteiger charge is 2.58. The monoisotopic (exact) mass is 523 g/mol. The standard InChI is InChI=1S/C35H57NO2/c1-24(2)7-5-6-8-27-10-12-31-30-11-9-28-22-29(13-17-35(28,4)32(30)14-18-34(27,31)3)38-33(37)21-26-23-36-19-15-25(26)16-20-36/h9,24-27,29-32H,5-8,10-23H2,1-4H3. The number of nitrogens with zero attached hydrogens (tertiary/aromatic N) is 1. The number of allylic oxidation sites excluding steroid dienone is 1. The topological polar surface area (TPSA) is 29.5 Å². The van der Waals surface area contributed by atoms with Gasteiger partial charge in [0.2, 0.25) is 0 Å². The Hall–Kier alpha value is -0.830. The Morgan fingerprint density at radius 2 is 1.84 bits per heavy atom. The fraction of sp³-hybridized carbons (Fsp3) is 0.914. The van der Waals surface area contributed by atoms with E-state index in [1.807, 2.05) is 0 Å². The van der Waals surface area contributed by atoms with Crippen LogP contribution in [-0.4, -0.2) is 36.6 Å². The Balaban J connectivity index is 1.05. The Kier molecular flexibility index (Phi) is 7.82. The van der Waals surface area contributed by atoms with E-state index in [4.69, 9.17) is 4.74 Å². The van der Waals surface area contributed by atoms with Crippen LogP contribution >= 0.6 is 0 Å². The number of rotatable bonds is 8. The number of hydrogen-bond donors (Lipinski definition) is 0. The van der Waals surface area contributed by atoms with Crippen LogP contribution in [0.3, 0.4) is 0 Å². The molecule has 3 saturated heterocycles. The first kappa shape index (κ1) is 27.3. The van der Waals surface area contributed by atoms with Crippen molar-refractivity contribution in [1.82, 2.24) is 4.90 Å². The van der Waals surface area contributed by atoms with E-state index in [9.17, 15) is 4.79 Å². The third kappa shape index (κ3) is 5.05. The van der Waals surface area contributed by atoms with Crippen molar-refractivity contribution in [2.45, 2.75) is 130 Å². The second-order valence-electron chi connectivity index (χ2n) is 15.7. The van der Waals surface area contributed by atoms with Crippen molar-refractivity contribution in [2.75, 3.05) is 19.6 Å². The minimum atomic E-state index is 0.0884. The minimum absolute atomic E-state index is 0.0884. The molecule has 3 nitrogen and oxygen atoms in total. The summed E-state index contributed by atoms with van der Waals surface area (Å²) in [5.74, 6) is 5.87. The number of piperidine rings is 3. The summed E-state index contributed by atoms with van der Waals surface area (Å²) >= 11 is 0.